The molecule has 0 amide bonds. The molecule has 2 aromatic rings. The Kier molecular flexibility index (Phi) is 3.45. The highest BCUT2D eigenvalue weighted by Crippen LogP contribution is 2.28. The van der Waals surface area contributed by atoms with Gasteiger partial charge in [0.2, 0.25) is 0 Å². The normalized spacial score (nSPS) is 10.8. The molecule has 5 heteroatoms. The third-order valence-corrected chi connectivity index (χ3v) is 2.70. The fourth-order valence-electron chi connectivity index (χ4n) is 1.76. The molecule has 0 radical (unpaired) electrons. The Balaban J connectivity index is 2.55. The first-order valence-corrected chi connectivity index (χ1v) is 5.62. The van der Waals surface area contributed by atoms with Crippen molar-refractivity contribution in [2.75, 3.05) is 7.05 Å². The van der Waals surface area contributed by atoms with Gasteiger partial charge in [0.15, 0.2) is 0 Å². The Morgan fingerprint density at radius 3 is 2.88 bits per heavy atom. The summed E-state index contributed by atoms with van der Waals surface area (Å²) in [6.45, 7) is 0.585. The summed E-state index contributed by atoms with van der Waals surface area (Å²) < 4.78 is 15.4. The summed E-state index contributed by atoms with van der Waals surface area (Å²) in [6, 6.07) is 4.52. The van der Waals surface area contributed by atoms with Gasteiger partial charge < -0.3 is 5.32 Å². The maximum atomic E-state index is 13.8. The van der Waals surface area contributed by atoms with E-state index in [9.17, 15) is 4.39 Å². The molecule has 0 unspecified atom stereocenters. The topological polar surface area (TPSA) is 29.9 Å². The highest BCUT2D eigenvalue weighted by molar-refractivity contribution is 6.30. The minimum atomic E-state index is -0.292. The number of hydrogen-bond donors (Lipinski definition) is 1. The van der Waals surface area contributed by atoms with E-state index >= 15 is 0 Å². The average Bonchev–Trinajstić information content (AvgIpc) is 2.64. The first kappa shape index (κ1) is 12.1. The minimum Gasteiger partial charge on any atom is -0.314 e. The van der Waals surface area contributed by atoms with E-state index in [1.54, 1.807) is 16.9 Å². The van der Waals surface area contributed by atoms with Crippen molar-refractivity contribution in [3.05, 3.63) is 40.9 Å². The van der Waals surface area contributed by atoms with Gasteiger partial charge >= 0.3 is 0 Å². The lowest BCUT2D eigenvalue weighted by atomic mass is 10.1. The second-order valence-electron chi connectivity index (χ2n) is 3.82. The monoisotopic (exact) mass is 253 g/mol. The summed E-state index contributed by atoms with van der Waals surface area (Å²) in [7, 11) is 3.64. The molecule has 0 aliphatic carbocycles. The van der Waals surface area contributed by atoms with Crippen LogP contribution in [0.1, 0.15) is 5.69 Å². The zero-order valence-electron chi connectivity index (χ0n) is 9.67. The smallest absolute Gasteiger partial charge is 0.131 e. The summed E-state index contributed by atoms with van der Waals surface area (Å²) in [5.41, 5.74) is 2.05. The van der Waals surface area contributed by atoms with Gasteiger partial charge in [-0.25, -0.2) is 4.39 Å². The van der Waals surface area contributed by atoms with Crippen molar-refractivity contribution in [3.63, 3.8) is 0 Å². The standard InChI is InChI=1S/C12H13ClFN3/c1-15-6-12-10(7-17(2)16-12)9-5-8(13)3-4-11(9)14/h3-5,7,15H,6H2,1-2H3. The molecule has 0 bridgehead atoms. The summed E-state index contributed by atoms with van der Waals surface area (Å²) >= 11 is 5.89. The van der Waals surface area contributed by atoms with Crippen LogP contribution in [0.25, 0.3) is 11.1 Å². The maximum absolute atomic E-state index is 13.8. The molecule has 0 aliphatic rings. The molecule has 2 rings (SSSR count). The van der Waals surface area contributed by atoms with Crippen LogP contribution < -0.4 is 5.32 Å². The van der Waals surface area contributed by atoms with Crippen LogP contribution in [-0.4, -0.2) is 16.8 Å². The Hall–Kier alpha value is -1.39. The highest BCUT2D eigenvalue weighted by Gasteiger charge is 2.13. The Labute approximate surface area is 104 Å². The van der Waals surface area contributed by atoms with Gasteiger partial charge in [-0.05, 0) is 25.2 Å². The van der Waals surface area contributed by atoms with E-state index in [0.717, 1.165) is 11.3 Å². The van der Waals surface area contributed by atoms with Crippen LogP contribution in [0.4, 0.5) is 4.39 Å². The molecular formula is C12H13ClFN3. The van der Waals surface area contributed by atoms with Gasteiger partial charge in [0, 0.05) is 35.9 Å². The molecule has 1 aromatic heterocycles. The van der Waals surface area contributed by atoms with Crippen molar-refractivity contribution in [1.82, 2.24) is 15.1 Å². The number of benzene rings is 1. The quantitative estimate of drug-likeness (QED) is 0.911. The third kappa shape index (κ3) is 2.48. The van der Waals surface area contributed by atoms with Gasteiger partial charge in [0.1, 0.15) is 5.82 Å². The molecule has 17 heavy (non-hydrogen) atoms. The van der Waals surface area contributed by atoms with Crippen molar-refractivity contribution >= 4 is 11.6 Å². The first-order valence-electron chi connectivity index (χ1n) is 5.24. The molecule has 0 fully saturated rings. The van der Waals surface area contributed by atoms with Crippen LogP contribution in [0.5, 0.6) is 0 Å². The highest BCUT2D eigenvalue weighted by atomic mass is 35.5. The lowest BCUT2D eigenvalue weighted by molar-refractivity contribution is 0.631. The van der Waals surface area contributed by atoms with Gasteiger partial charge in [-0.1, -0.05) is 11.6 Å². The minimum absolute atomic E-state index is 0.292. The maximum Gasteiger partial charge on any atom is 0.131 e. The number of aryl methyl sites for hydroxylation is 1. The fraction of sp³-hybridized carbons (Fsp3) is 0.250. The van der Waals surface area contributed by atoms with Crippen LogP contribution in [0, 0.1) is 5.82 Å². The lowest BCUT2D eigenvalue weighted by Crippen LogP contribution is -2.07. The van der Waals surface area contributed by atoms with E-state index in [2.05, 4.69) is 10.4 Å². The second kappa shape index (κ2) is 4.85. The molecule has 3 nitrogen and oxygen atoms in total. The molecule has 1 heterocycles. The van der Waals surface area contributed by atoms with Gasteiger partial charge in [0.25, 0.3) is 0 Å². The first-order chi connectivity index (χ1) is 8.11. The van der Waals surface area contributed by atoms with Crippen LogP contribution in [-0.2, 0) is 13.6 Å². The predicted molar refractivity (Wildman–Crippen MR) is 66.4 cm³/mol. The largest absolute Gasteiger partial charge is 0.314 e. The molecule has 0 saturated carbocycles. The van der Waals surface area contributed by atoms with Crippen molar-refractivity contribution in [2.24, 2.45) is 7.05 Å². The van der Waals surface area contributed by atoms with Crippen LogP contribution in [0.15, 0.2) is 24.4 Å². The Bertz CT molecular complexity index is 537. The number of rotatable bonds is 3. The molecule has 0 aliphatic heterocycles. The number of nitrogens with zero attached hydrogens (tertiary/aromatic N) is 2. The summed E-state index contributed by atoms with van der Waals surface area (Å²) in [6.07, 6.45) is 1.79. The van der Waals surface area contributed by atoms with Crippen LogP contribution in [0.2, 0.25) is 5.02 Å². The Morgan fingerprint density at radius 2 is 2.18 bits per heavy atom. The molecular weight excluding hydrogens is 241 g/mol. The molecule has 0 saturated heterocycles. The average molecular weight is 254 g/mol. The van der Waals surface area contributed by atoms with E-state index in [-0.39, 0.29) is 5.82 Å². The summed E-state index contributed by atoms with van der Waals surface area (Å²) in [5.74, 6) is -0.292. The number of hydrogen-bond acceptors (Lipinski definition) is 2. The third-order valence-electron chi connectivity index (χ3n) is 2.47. The van der Waals surface area contributed by atoms with Crippen molar-refractivity contribution in [2.45, 2.75) is 6.54 Å². The van der Waals surface area contributed by atoms with Gasteiger partial charge in [-0.3, -0.25) is 4.68 Å². The molecule has 1 aromatic carbocycles. The number of halogens is 2. The van der Waals surface area contributed by atoms with Gasteiger partial charge in [-0.2, -0.15) is 5.10 Å². The fourth-order valence-corrected chi connectivity index (χ4v) is 1.93. The predicted octanol–water partition coefficient (Wildman–Crippen LogP) is 2.60. The number of aromatic nitrogens is 2. The van der Waals surface area contributed by atoms with Crippen molar-refractivity contribution < 1.29 is 4.39 Å². The molecule has 1 N–H and O–H groups in total. The zero-order chi connectivity index (χ0) is 12.4. The van der Waals surface area contributed by atoms with E-state index in [1.165, 1.54) is 12.1 Å². The van der Waals surface area contributed by atoms with E-state index < -0.39 is 0 Å². The van der Waals surface area contributed by atoms with Crippen LogP contribution in [0.3, 0.4) is 0 Å². The van der Waals surface area contributed by atoms with E-state index in [4.69, 9.17) is 11.6 Å². The van der Waals surface area contributed by atoms with Crippen molar-refractivity contribution in [3.8, 4) is 11.1 Å². The summed E-state index contributed by atoms with van der Waals surface area (Å²) in [4.78, 5) is 0. The van der Waals surface area contributed by atoms with Gasteiger partial charge in [0.05, 0.1) is 5.69 Å². The Morgan fingerprint density at radius 1 is 1.41 bits per heavy atom. The molecule has 90 valence electrons. The number of nitrogens with one attached hydrogen (secondary N) is 1. The SMILES string of the molecule is CNCc1nn(C)cc1-c1cc(Cl)ccc1F. The molecule has 0 atom stereocenters. The van der Waals surface area contributed by atoms with Crippen LogP contribution >= 0.6 is 11.6 Å². The summed E-state index contributed by atoms with van der Waals surface area (Å²) in [5, 5.41) is 7.82. The lowest BCUT2D eigenvalue weighted by Gasteiger charge is -2.04. The second-order valence-corrected chi connectivity index (χ2v) is 4.25. The van der Waals surface area contributed by atoms with E-state index in [1.807, 2.05) is 14.1 Å². The van der Waals surface area contributed by atoms with Crippen molar-refractivity contribution in [1.29, 1.82) is 0 Å². The zero-order valence-corrected chi connectivity index (χ0v) is 10.4. The van der Waals surface area contributed by atoms with E-state index in [0.29, 0.717) is 17.1 Å². The molecule has 0 spiro atoms. The van der Waals surface area contributed by atoms with Gasteiger partial charge in [-0.15, -0.1) is 0 Å².